The number of likely N-dealkylation sites (tertiary alicyclic amines) is 1. The van der Waals surface area contributed by atoms with Crippen LogP contribution in [0.25, 0.3) is 0 Å². The highest BCUT2D eigenvalue weighted by atomic mass is 19.1. The van der Waals surface area contributed by atoms with Gasteiger partial charge < -0.3 is 10.6 Å². The van der Waals surface area contributed by atoms with Gasteiger partial charge in [0.15, 0.2) is 0 Å². The molecule has 1 saturated heterocycles. The van der Waals surface area contributed by atoms with Gasteiger partial charge in [-0.25, -0.2) is 4.39 Å². The molecule has 1 aromatic carbocycles. The van der Waals surface area contributed by atoms with Gasteiger partial charge in [-0.2, -0.15) is 0 Å². The van der Waals surface area contributed by atoms with Gasteiger partial charge in [0.25, 0.3) is 0 Å². The number of likely N-dealkylation sites (N-methyl/N-ethyl adjacent to an activating group) is 1. The summed E-state index contributed by atoms with van der Waals surface area (Å²) >= 11 is 0. The lowest BCUT2D eigenvalue weighted by Gasteiger charge is -2.21. The van der Waals surface area contributed by atoms with E-state index in [-0.39, 0.29) is 17.8 Å². The first-order valence-corrected chi connectivity index (χ1v) is 6.51. The second-order valence-corrected chi connectivity index (χ2v) is 5.13. The summed E-state index contributed by atoms with van der Waals surface area (Å²) in [5.74, 6) is -0.275. The number of hydrogen-bond acceptors (Lipinski definition) is 3. The first-order chi connectivity index (χ1) is 9.06. The Hall–Kier alpha value is -1.46. The lowest BCUT2D eigenvalue weighted by atomic mass is 10.2. The number of nitrogens with zero attached hydrogens (tertiary/aromatic N) is 2. The van der Waals surface area contributed by atoms with E-state index < -0.39 is 0 Å². The third kappa shape index (κ3) is 3.75. The zero-order valence-corrected chi connectivity index (χ0v) is 11.2. The van der Waals surface area contributed by atoms with E-state index >= 15 is 0 Å². The van der Waals surface area contributed by atoms with Gasteiger partial charge in [0, 0.05) is 38.3 Å². The van der Waals surface area contributed by atoms with E-state index in [9.17, 15) is 9.18 Å². The Kier molecular flexibility index (Phi) is 4.50. The summed E-state index contributed by atoms with van der Waals surface area (Å²) in [7, 11) is 1.70. The molecule has 4 nitrogen and oxygen atoms in total. The van der Waals surface area contributed by atoms with E-state index in [2.05, 4.69) is 0 Å². The molecule has 2 N–H and O–H groups in total. The molecule has 1 aliphatic rings. The van der Waals surface area contributed by atoms with Crippen molar-refractivity contribution in [1.82, 2.24) is 9.80 Å². The molecule has 104 valence electrons. The van der Waals surface area contributed by atoms with Crippen molar-refractivity contribution in [3.63, 3.8) is 0 Å². The summed E-state index contributed by atoms with van der Waals surface area (Å²) in [6.07, 6.45) is 0.935. The molecule has 0 radical (unpaired) electrons. The topological polar surface area (TPSA) is 49.6 Å². The number of carbonyl (C=O) groups is 1. The largest absolute Gasteiger partial charge is 0.340 e. The Bertz CT molecular complexity index is 452. The van der Waals surface area contributed by atoms with Crippen molar-refractivity contribution < 1.29 is 9.18 Å². The van der Waals surface area contributed by atoms with Gasteiger partial charge in [-0.15, -0.1) is 0 Å². The number of benzene rings is 1. The summed E-state index contributed by atoms with van der Waals surface area (Å²) in [6, 6.07) is 6.70. The Labute approximate surface area is 113 Å². The number of amides is 1. The minimum atomic E-state index is -0.273. The van der Waals surface area contributed by atoms with Crippen molar-refractivity contribution in [1.29, 1.82) is 0 Å². The van der Waals surface area contributed by atoms with Crippen LogP contribution >= 0.6 is 0 Å². The highest BCUT2D eigenvalue weighted by molar-refractivity contribution is 5.78. The highest BCUT2D eigenvalue weighted by Crippen LogP contribution is 2.10. The summed E-state index contributed by atoms with van der Waals surface area (Å²) in [6.45, 7) is 2.28. The number of hydrogen-bond donors (Lipinski definition) is 1. The fourth-order valence-electron chi connectivity index (χ4n) is 2.29. The molecule has 19 heavy (non-hydrogen) atoms. The molecule has 0 unspecified atom stereocenters. The van der Waals surface area contributed by atoms with Gasteiger partial charge in [-0.05, 0) is 12.5 Å². The lowest BCUT2D eigenvalue weighted by Crippen LogP contribution is -2.38. The molecular weight excluding hydrogens is 245 g/mol. The Morgan fingerprint density at radius 1 is 1.53 bits per heavy atom. The smallest absolute Gasteiger partial charge is 0.236 e. The Morgan fingerprint density at radius 3 is 2.89 bits per heavy atom. The molecule has 0 aliphatic carbocycles. The number of nitrogens with two attached hydrogens (primary N) is 1. The van der Waals surface area contributed by atoms with Gasteiger partial charge in [0.05, 0.1) is 6.54 Å². The summed E-state index contributed by atoms with van der Waals surface area (Å²) in [4.78, 5) is 15.6. The summed E-state index contributed by atoms with van der Waals surface area (Å²) in [5, 5.41) is 0. The molecule has 0 bridgehead atoms. The van der Waals surface area contributed by atoms with Crippen LogP contribution in [0.15, 0.2) is 24.3 Å². The van der Waals surface area contributed by atoms with Crippen LogP contribution in [0, 0.1) is 5.82 Å². The van der Waals surface area contributed by atoms with Crippen LogP contribution in [0.2, 0.25) is 0 Å². The molecule has 1 amide bonds. The van der Waals surface area contributed by atoms with E-state index in [1.54, 1.807) is 30.1 Å². The van der Waals surface area contributed by atoms with E-state index in [0.717, 1.165) is 19.5 Å². The van der Waals surface area contributed by atoms with Crippen molar-refractivity contribution in [2.75, 3.05) is 26.7 Å². The fraction of sp³-hybridized carbons (Fsp3) is 0.500. The number of carbonyl (C=O) groups excluding carboxylic acids is 1. The quantitative estimate of drug-likeness (QED) is 0.877. The van der Waals surface area contributed by atoms with Crippen LogP contribution in [0.1, 0.15) is 12.0 Å². The maximum Gasteiger partial charge on any atom is 0.236 e. The van der Waals surface area contributed by atoms with Crippen molar-refractivity contribution in [2.45, 2.75) is 19.0 Å². The molecule has 2 rings (SSSR count). The standard InChI is InChI=1S/C14H20FN3O/c1-17(8-11-4-2-3-5-13(11)15)14(19)10-18-7-6-12(16)9-18/h2-5,12H,6-10,16H2,1H3/t12-/m0/s1. The van der Waals surface area contributed by atoms with Crippen molar-refractivity contribution in [2.24, 2.45) is 5.73 Å². The van der Waals surface area contributed by atoms with Crippen molar-refractivity contribution >= 4 is 5.91 Å². The highest BCUT2D eigenvalue weighted by Gasteiger charge is 2.22. The van der Waals surface area contributed by atoms with Crippen molar-refractivity contribution in [3.8, 4) is 0 Å². The predicted octanol–water partition coefficient (Wildman–Crippen LogP) is 0.817. The van der Waals surface area contributed by atoms with E-state index in [1.165, 1.54) is 6.07 Å². The first kappa shape index (κ1) is 14.0. The maximum atomic E-state index is 13.5. The normalized spacial score (nSPS) is 19.6. The zero-order chi connectivity index (χ0) is 13.8. The SMILES string of the molecule is CN(Cc1ccccc1F)C(=O)CN1CC[C@H](N)C1. The molecule has 1 fully saturated rings. The molecule has 0 aromatic heterocycles. The van der Waals surface area contributed by atoms with Gasteiger partial charge in [-0.3, -0.25) is 9.69 Å². The molecule has 0 saturated carbocycles. The second kappa shape index (κ2) is 6.12. The zero-order valence-electron chi connectivity index (χ0n) is 11.2. The van der Waals surface area contributed by atoms with Crippen molar-refractivity contribution in [3.05, 3.63) is 35.6 Å². The van der Waals surface area contributed by atoms with Crippen LogP contribution in [-0.4, -0.2) is 48.4 Å². The average molecular weight is 265 g/mol. The predicted molar refractivity (Wildman–Crippen MR) is 71.9 cm³/mol. The minimum Gasteiger partial charge on any atom is -0.340 e. The van der Waals surface area contributed by atoms with Gasteiger partial charge in [0.2, 0.25) is 5.91 Å². The lowest BCUT2D eigenvalue weighted by molar-refractivity contribution is -0.131. The van der Waals surface area contributed by atoms with Crippen LogP contribution in [0.3, 0.4) is 0 Å². The fourth-order valence-corrected chi connectivity index (χ4v) is 2.29. The van der Waals surface area contributed by atoms with Crippen LogP contribution < -0.4 is 5.73 Å². The number of rotatable bonds is 4. The molecule has 5 heteroatoms. The summed E-state index contributed by atoms with van der Waals surface area (Å²) < 4.78 is 13.5. The third-order valence-electron chi connectivity index (χ3n) is 3.46. The van der Waals surface area contributed by atoms with Crippen LogP contribution in [-0.2, 0) is 11.3 Å². The maximum absolute atomic E-state index is 13.5. The molecule has 1 aromatic rings. The molecule has 0 spiro atoms. The van der Waals surface area contributed by atoms with E-state index in [1.807, 2.05) is 4.90 Å². The van der Waals surface area contributed by atoms with Gasteiger partial charge >= 0.3 is 0 Å². The minimum absolute atomic E-state index is 0.00245. The molecule has 1 atom stereocenters. The van der Waals surface area contributed by atoms with E-state index in [0.29, 0.717) is 18.7 Å². The Morgan fingerprint density at radius 2 is 2.26 bits per heavy atom. The van der Waals surface area contributed by atoms with Crippen LogP contribution in [0.5, 0.6) is 0 Å². The van der Waals surface area contributed by atoms with Gasteiger partial charge in [0.1, 0.15) is 5.82 Å². The average Bonchev–Trinajstić information content (AvgIpc) is 2.77. The molecule has 1 heterocycles. The second-order valence-electron chi connectivity index (χ2n) is 5.13. The Balaban J connectivity index is 1.87. The number of halogens is 1. The third-order valence-corrected chi connectivity index (χ3v) is 3.46. The van der Waals surface area contributed by atoms with E-state index in [4.69, 9.17) is 5.73 Å². The van der Waals surface area contributed by atoms with Gasteiger partial charge in [-0.1, -0.05) is 18.2 Å². The summed E-state index contributed by atoms with van der Waals surface area (Å²) in [5.41, 5.74) is 6.34. The monoisotopic (exact) mass is 265 g/mol. The van der Waals surface area contributed by atoms with Crippen LogP contribution in [0.4, 0.5) is 4.39 Å². The first-order valence-electron chi connectivity index (χ1n) is 6.51. The molecule has 1 aliphatic heterocycles. The molecular formula is C14H20FN3O.